The summed E-state index contributed by atoms with van der Waals surface area (Å²) in [6, 6.07) is 6.26. The fourth-order valence-electron chi connectivity index (χ4n) is 1.10. The van der Waals surface area contributed by atoms with E-state index < -0.39 is 10.0 Å². The topological polar surface area (TPSA) is 80.1 Å². The minimum atomic E-state index is -3.69. The highest BCUT2D eigenvalue weighted by atomic mass is 32.2. The third-order valence-corrected chi connectivity index (χ3v) is 2.66. The summed E-state index contributed by atoms with van der Waals surface area (Å²) in [6.45, 7) is -0.341. The summed E-state index contributed by atoms with van der Waals surface area (Å²) in [5, 5.41) is 15.3. The van der Waals surface area contributed by atoms with Crippen LogP contribution in [0.15, 0.2) is 29.2 Å². The van der Waals surface area contributed by atoms with Crippen LogP contribution in [0.3, 0.4) is 0 Å². The van der Waals surface area contributed by atoms with Gasteiger partial charge in [-0.3, -0.25) is 0 Å². The van der Waals surface area contributed by atoms with Crippen molar-refractivity contribution in [1.82, 2.24) is 0 Å². The quantitative estimate of drug-likeness (QED) is 0.761. The van der Waals surface area contributed by atoms with E-state index >= 15 is 0 Å². The van der Waals surface area contributed by atoms with Gasteiger partial charge in [-0.1, -0.05) is 18.2 Å². The Morgan fingerprint density at radius 2 is 1.85 bits per heavy atom. The first-order valence-electron chi connectivity index (χ1n) is 3.74. The minimum absolute atomic E-state index is 0.0471. The molecule has 0 aliphatic carbocycles. The molecule has 0 bridgehead atoms. The van der Waals surface area contributed by atoms with Crippen LogP contribution in [-0.4, -0.2) is 15.0 Å². The monoisotopic (exact) mass is 200 g/mol. The number of hydrogen-bond donors (Lipinski definition) is 1. The van der Waals surface area contributed by atoms with E-state index in [0.717, 1.165) is 0 Å². The lowest BCUT2D eigenvalue weighted by atomic mass is 10.2. The molecule has 71 valence electrons. The third kappa shape index (κ3) is 2.51. The summed E-state index contributed by atoms with van der Waals surface area (Å²) in [5.74, 6) is 0. The van der Waals surface area contributed by atoms with E-state index in [-0.39, 0.29) is 17.9 Å². The van der Waals surface area contributed by atoms with Crippen LogP contribution in [0.4, 0.5) is 0 Å². The Morgan fingerprint density at radius 1 is 1.23 bits per heavy atom. The van der Waals surface area contributed by atoms with Crippen molar-refractivity contribution in [2.75, 3.05) is 6.61 Å². The largest absolute Gasteiger partial charge is 0.238 e. The number of rotatable bonds is 3. The van der Waals surface area contributed by atoms with Gasteiger partial charge in [-0.15, -0.1) is 0 Å². The molecule has 0 fully saturated rings. The highest BCUT2D eigenvalue weighted by molar-refractivity contribution is 7.89. The van der Waals surface area contributed by atoms with Gasteiger partial charge in [0.25, 0.3) is 0 Å². The molecule has 0 heterocycles. The lowest BCUT2D eigenvalue weighted by Gasteiger charge is -2.04. The summed E-state index contributed by atoms with van der Waals surface area (Å²) in [5.41, 5.74) is 0.486. The first-order valence-corrected chi connectivity index (χ1v) is 5.29. The Kier molecular flexibility index (Phi) is 3.02. The molecule has 0 aliphatic heterocycles. The Balaban J connectivity index is 3.20. The van der Waals surface area contributed by atoms with Gasteiger partial charge in [0.2, 0.25) is 10.0 Å². The molecule has 2 N–H and O–H groups in total. The second-order valence-electron chi connectivity index (χ2n) is 2.61. The van der Waals surface area contributed by atoms with E-state index in [1.165, 1.54) is 6.07 Å². The first-order chi connectivity index (χ1) is 6.05. The highest BCUT2D eigenvalue weighted by Gasteiger charge is 2.11. The van der Waals surface area contributed by atoms with E-state index in [1.54, 1.807) is 18.2 Å². The van der Waals surface area contributed by atoms with Gasteiger partial charge in [-0.2, -0.15) is 0 Å². The second-order valence-corrected chi connectivity index (χ2v) is 4.14. The van der Waals surface area contributed by atoms with E-state index in [9.17, 15) is 13.5 Å². The van der Waals surface area contributed by atoms with Crippen LogP contribution >= 0.6 is 0 Å². The van der Waals surface area contributed by atoms with Crippen LogP contribution in [0.2, 0.25) is 0 Å². The van der Waals surface area contributed by atoms with E-state index in [2.05, 4.69) is 0 Å². The van der Waals surface area contributed by atoms with Crippen molar-refractivity contribution in [3.05, 3.63) is 29.8 Å². The highest BCUT2D eigenvalue weighted by Crippen LogP contribution is 2.13. The minimum Gasteiger partial charge on any atom is -0.236 e. The molecule has 0 aliphatic rings. The lowest BCUT2D eigenvalue weighted by Crippen LogP contribution is -2.14. The van der Waals surface area contributed by atoms with Gasteiger partial charge in [0.1, 0.15) is 0 Å². The number of benzene rings is 1. The van der Waals surface area contributed by atoms with Crippen LogP contribution in [0.5, 0.6) is 0 Å². The predicted molar refractivity (Wildman–Crippen MR) is 47.1 cm³/mol. The molecule has 4 nitrogen and oxygen atoms in total. The second kappa shape index (κ2) is 3.87. The van der Waals surface area contributed by atoms with Crippen LogP contribution in [0.1, 0.15) is 5.56 Å². The Labute approximate surface area is 77.1 Å². The molecule has 5 heteroatoms. The molecule has 1 aromatic rings. The standard InChI is InChI=1S/C8H10NO3S/c9-13(11,12)8-4-2-1-3-7(8)5-6-10/h1-4H,5-6H2,(H2,9,11,12). The van der Waals surface area contributed by atoms with Crippen molar-refractivity contribution >= 4 is 10.0 Å². The van der Waals surface area contributed by atoms with Gasteiger partial charge in [0.05, 0.1) is 11.5 Å². The van der Waals surface area contributed by atoms with Gasteiger partial charge in [-0.05, 0) is 11.6 Å². The van der Waals surface area contributed by atoms with Crippen LogP contribution in [-0.2, 0) is 21.6 Å². The summed E-state index contributed by atoms with van der Waals surface area (Å²) in [6.07, 6.45) is 0.187. The molecule has 0 atom stereocenters. The molecule has 0 amide bonds. The van der Waals surface area contributed by atoms with Crippen molar-refractivity contribution in [2.45, 2.75) is 11.3 Å². The van der Waals surface area contributed by atoms with Crippen LogP contribution in [0.25, 0.3) is 0 Å². The van der Waals surface area contributed by atoms with Gasteiger partial charge >= 0.3 is 0 Å². The van der Waals surface area contributed by atoms with Crippen LogP contribution in [0, 0.1) is 0 Å². The summed E-state index contributed by atoms with van der Waals surface area (Å²) >= 11 is 0. The summed E-state index contributed by atoms with van der Waals surface area (Å²) in [7, 11) is -3.69. The Hall–Kier alpha value is -0.910. The fraction of sp³-hybridized carbons (Fsp3) is 0.250. The molecular weight excluding hydrogens is 190 g/mol. The zero-order valence-corrected chi connectivity index (χ0v) is 7.75. The van der Waals surface area contributed by atoms with E-state index in [1.807, 2.05) is 0 Å². The van der Waals surface area contributed by atoms with Gasteiger partial charge in [-0.25, -0.2) is 18.7 Å². The summed E-state index contributed by atoms with van der Waals surface area (Å²) < 4.78 is 22.0. The zero-order valence-electron chi connectivity index (χ0n) is 6.93. The molecule has 13 heavy (non-hydrogen) atoms. The molecule has 1 aromatic carbocycles. The molecule has 1 rings (SSSR count). The Bertz CT molecular complexity index is 386. The first kappa shape index (κ1) is 10.2. The molecule has 0 saturated heterocycles. The third-order valence-electron chi connectivity index (χ3n) is 1.65. The Morgan fingerprint density at radius 3 is 2.38 bits per heavy atom. The van der Waals surface area contributed by atoms with E-state index in [4.69, 9.17) is 5.14 Å². The maximum absolute atomic E-state index is 11.0. The molecular formula is C8H10NO3S. The van der Waals surface area contributed by atoms with E-state index in [0.29, 0.717) is 5.56 Å². The maximum atomic E-state index is 11.0. The van der Waals surface area contributed by atoms with Crippen molar-refractivity contribution in [3.8, 4) is 0 Å². The molecule has 0 aromatic heterocycles. The average molecular weight is 200 g/mol. The number of primary sulfonamides is 1. The molecule has 0 unspecified atom stereocenters. The fourth-order valence-corrected chi connectivity index (χ4v) is 1.90. The normalized spacial score (nSPS) is 11.5. The average Bonchev–Trinajstić information content (AvgIpc) is 2.04. The summed E-state index contributed by atoms with van der Waals surface area (Å²) in [4.78, 5) is 0.0471. The smallest absolute Gasteiger partial charge is 0.236 e. The number of sulfonamides is 1. The molecule has 0 saturated carbocycles. The van der Waals surface area contributed by atoms with Crippen LogP contribution < -0.4 is 5.14 Å². The lowest BCUT2D eigenvalue weighted by molar-refractivity contribution is 0.196. The van der Waals surface area contributed by atoms with Crippen molar-refractivity contribution < 1.29 is 13.5 Å². The van der Waals surface area contributed by atoms with Gasteiger partial charge < -0.3 is 0 Å². The van der Waals surface area contributed by atoms with Crippen molar-refractivity contribution in [2.24, 2.45) is 5.14 Å². The predicted octanol–water partition coefficient (Wildman–Crippen LogP) is 0.307. The number of hydrogen-bond acceptors (Lipinski definition) is 2. The molecule has 0 spiro atoms. The molecule has 1 radical (unpaired) electrons. The van der Waals surface area contributed by atoms with Gasteiger partial charge in [0, 0.05) is 6.42 Å². The van der Waals surface area contributed by atoms with Crippen molar-refractivity contribution in [1.29, 1.82) is 0 Å². The SMILES string of the molecule is NS(=O)(=O)c1ccccc1CC[O]. The maximum Gasteiger partial charge on any atom is 0.238 e. The zero-order chi connectivity index (χ0) is 9.90. The van der Waals surface area contributed by atoms with Gasteiger partial charge in [0.15, 0.2) is 0 Å². The number of nitrogens with two attached hydrogens (primary N) is 1. The van der Waals surface area contributed by atoms with Crippen molar-refractivity contribution in [3.63, 3.8) is 0 Å².